The Bertz CT molecular complexity index is 626. The molecule has 0 aliphatic carbocycles. The van der Waals surface area contributed by atoms with Gasteiger partial charge in [0.25, 0.3) is 0 Å². The molecule has 20 heavy (non-hydrogen) atoms. The van der Waals surface area contributed by atoms with E-state index in [1.165, 1.54) is 11.0 Å². The van der Waals surface area contributed by atoms with Crippen LogP contribution in [0.1, 0.15) is 15.9 Å². The summed E-state index contributed by atoms with van der Waals surface area (Å²) in [6.45, 7) is 0.223. The predicted molar refractivity (Wildman–Crippen MR) is 75.6 cm³/mol. The molecule has 0 aliphatic heterocycles. The number of aromatic carboxylic acids is 1. The molecule has 0 saturated carbocycles. The smallest absolute Gasteiger partial charge is 0.337 e. The van der Waals surface area contributed by atoms with Gasteiger partial charge in [-0.1, -0.05) is 42.5 Å². The third-order valence-corrected chi connectivity index (χ3v) is 2.87. The lowest BCUT2D eigenvalue weighted by atomic mass is 10.1. The summed E-state index contributed by atoms with van der Waals surface area (Å²) in [6.07, 6.45) is 0. The van der Waals surface area contributed by atoms with Crippen LogP contribution < -0.4 is 10.6 Å². The Morgan fingerprint density at radius 2 is 1.60 bits per heavy atom. The second kappa shape index (κ2) is 5.88. The lowest BCUT2D eigenvalue weighted by molar-refractivity contribution is 0.0697. The normalized spacial score (nSPS) is 10.0. The number of nitrogens with two attached hydrogens (primary N) is 1. The molecule has 102 valence electrons. The zero-order chi connectivity index (χ0) is 14.5. The van der Waals surface area contributed by atoms with Crippen molar-refractivity contribution >= 4 is 17.7 Å². The van der Waals surface area contributed by atoms with E-state index in [-0.39, 0.29) is 17.8 Å². The largest absolute Gasteiger partial charge is 0.478 e. The standard InChI is InChI=1S/C15H14N2O3/c16-15(20)17(10-11-6-2-1-3-7-11)13-9-5-4-8-12(13)14(18)19/h1-9H,10H2,(H2,16,20)(H,18,19). The van der Waals surface area contributed by atoms with E-state index in [9.17, 15) is 14.7 Å². The molecule has 0 bridgehead atoms. The molecular weight excluding hydrogens is 256 g/mol. The predicted octanol–water partition coefficient (Wildman–Crippen LogP) is 2.47. The topological polar surface area (TPSA) is 83.6 Å². The van der Waals surface area contributed by atoms with Crippen LogP contribution in [0.25, 0.3) is 0 Å². The van der Waals surface area contributed by atoms with E-state index in [4.69, 9.17) is 5.73 Å². The van der Waals surface area contributed by atoms with Crippen LogP contribution in [0.2, 0.25) is 0 Å². The lowest BCUT2D eigenvalue weighted by Crippen LogP contribution is -2.36. The fourth-order valence-corrected chi connectivity index (χ4v) is 1.94. The van der Waals surface area contributed by atoms with Gasteiger partial charge in [0.2, 0.25) is 0 Å². The fraction of sp³-hybridized carbons (Fsp3) is 0.0667. The number of carboxylic acids is 1. The minimum absolute atomic E-state index is 0.0437. The van der Waals surface area contributed by atoms with Crippen molar-refractivity contribution in [3.05, 3.63) is 65.7 Å². The van der Waals surface area contributed by atoms with Crippen LogP contribution in [0, 0.1) is 0 Å². The molecule has 0 heterocycles. The first-order valence-electron chi connectivity index (χ1n) is 6.03. The Balaban J connectivity index is 2.39. The van der Waals surface area contributed by atoms with Gasteiger partial charge < -0.3 is 10.8 Å². The van der Waals surface area contributed by atoms with E-state index >= 15 is 0 Å². The monoisotopic (exact) mass is 270 g/mol. The Hall–Kier alpha value is -2.82. The van der Waals surface area contributed by atoms with E-state index in [0.717, 1.165) is 5.56 Å². The maximum Gasteiger partial charge on any atom is 0.337 e. The minimum atomic E-state index is -1.10. The van der Waals surface area contributed by atoms with Crippen LogP contribution >= 0.6 is 0 Å². The van der Waals surface area contributed by atoms with E-state index in [1.54, 1.807) is 18.2 Å². The van der Waals surface area contributed by atoms with Crippen LogP contribution in [0.15, 0.2) is 54.6 Å². The number of nitrogens with zero attached hydrogens (tertiary/aromatic N) is 1. The molecule has 0 radical (unpaired) electrons. The van der Waals surface area contributed by atoms with Crippen molar-refractivity contribution in [3.8, 4) is 0 Å². The van der Waals surface area contributed by atoms with Gasteiger partial charge in [-0.2, -0.15) is 0 Å². The molecule has 0 saturated heterocycles. The lowest BCUT2D eigenvalue weighted by Gasteiger charge is -2.22. The summed E-state index contributed by atoms with van der Waals surface area (Å²) < 4.78 is 0. The van der Waals surface area contributed by atoms with E-state index in [0.29, 0.717) is 0 Å². The summed E-state index contributed by atoms with van der Waals surface area (Å²) >= 11 is 0. The maximum absolute atomic E-state index is 11.6. The molecule has 0 aromatic heterocycles. The van der Waals surface area contributed by atoms with Crippen molar-refractivity contribution in [1.82, 2.24) is 0 Å². The molecule has 0 unspecified atom stereocenters. The molecule has 0 atom stereocenters. The number of urea groups is 1. The number of para-hydroxylation sites is 1. The van der Waals surface area contributed by atoms with Gasteiger partial charge >= 0.3 is 12.0 Å². The van der Waals surface area contributed by atoms with E-state index in [2.05, 4.69) is 0 Å². The zero-order valence-corrected chi connectivity index (χ0v) is 10.7. The van der Waals surface area contributed by atoms with E-state index in [1.807, 2.05) is 30.3 Å². The maximum atomic E-state index is 11.6. The van der Waals surface area contributed by atoms with Crippen molar-refractivity contribution < 1.29 is 14.7 Å². The van der Waals surface area contributed by atoms with Gasteiger partial charge in [-0.25, -0.2) is 9.59 Å². The zero-order valence-electron chi connectivity index (χ0n) is 10.7. The van der Waals surface area contributed by atoms with Gasteiger partial charge in [0.05, 0.1) is 17.8 Å². The average Bonchev–Trinajstić information content (AvgIpc) is 2.45. The first-order chi connectivity index (χ1) is 9.59. The van der Waals surface area contributed by atoms with Crippen molar-refractivity contribution in [3.63, 3.8) is 0 Å². The quantitative estimate of drug-likeness (QED) is 0.895. The Morgan fingerprint density at radius 3 is 2.20 bits per heavy atom. The Labute approximate surface area is 116 Å². The number of anilines is 1. The van der Waals surface area contributed by atoms with Gasteiger partial charge in [-0.15, -0.1) is 0 Å². The molecule has 0 spiro atoms. The first-order valence-corrected chi connectivity index (χ1v) is 6.03. The van der Waals surface area contributed by atoms with Crippen LogP contribution in [-0.4, -0.2) is 17.1 Å². The number of primary amides is 1. The summed E-state index contributed by atoms with van der Waals surface area (Å²) in [6, 6.07) is 14.8. The summed E-state index contributed by atoms with van der Waals surface area (Å²) in [7, 11) is 0. The summed E-state index contributed by atoms with van der Waals surface area (Å²) in [5.74, 6) is -1.10. The highest BCUT2D eigenvalue weighted by molar-refractivity contribution is 6.00. The number of rotatable bonds is 4. The molecular formula is C15H14N2O3. The molecule has 2 aromatic rings. The average molecular weight is 270 g/mol. The molecule has 5 heteroatoms. The van der Waals surface area contributed by atoms with Crippen LogP contribution in [0.5, 0.6) is 0 Å². The van der Waals surface area contributed by atoms with Crippen LogP contribution in [0.4, 0.5) is 10.5 Å². The van der Waals surface area contributed by atoms with Crippen molar-refractivity contribution in [2.75, 3.05) is 4.90 Å². The highest BCUT2D eigenvalue weighted by atomic mass is 16.4. The number of amides is 2. The number of carboxylic acid groups (broad SMARTS) is 1. The number of benzene rings is 2. The van der Waals surface area contributed by atoms with Gasteiger partial charge in [0.1, 0.15) is 0 Å². The van der Waals surface area contributed by atoms with Gasteiger partial charge in [0.15, 0.2) is 0 Å². The first kappa shape index (κ1) is 13.6. The molecule has 0 fully saturated rings. The van der Waals surface area contributed by atoms with Gasteiger partial charge in [-0.05, 0) is 17.7 Å². The summed E-state index contributed by atoms with van der Waals surface area (Å²) in [5.41, 5.74) is 6.58. The number of hydrogen-bond donors (Lipinski definition) is 2. The Kier molecular flexibility index (Phi) is 4.00. The van der Waals surface area contributed by atoms with Crippen LogP contribution in [0.3, 0.4) is 0 Å². The molecule has 2 amide bonds. The number of carbonyl (C=O) groups is 2. The molecule has 2 aromatic carbocycles. The van der Waals surface area contributed by atoms with Crippen molar-refractivity contribution in [2.24, 2.45) is 5.73 Å². The van der Waals surface area contributed by atoms with Gasteiger partial charge in [0, 0.05) is 0 Å². The number of hydrogen-bond acceptors (Lipinski definition) is 2. The SMILES string of the molecule is NC(=O)N(Cc1ccccc1)c1ccccc1C(=O)O. The second-order valence-electron chi connectivity index (χ2n) is 4.23. The molecule has 5 nitrogen and oxygen atoms in total. The van der Waals surface area contributed by atoms with E-state index < -0.39 is 12.0 Å². The molecule has 2 rings (SSSR count). The summed E-state index contributed by atoms with van der Waals surface area (Å²) in [5, 5.41) is 9.18. The summed E-state index contributed by atoms with van der Waals surface area (Å²) in [4.78, 5) is 24.1. The highest BCUT2D eigenvalue weighted by Crippen LogP contribution is 2.22. The van der Waals surface area contributed by atoms with Crippen molar-refractivity contribution in [2.45, 2.75) is 6.54 Å². The Morgan fingerprint density at radius 1 is 1.00 bits per heavy atom. The molecule has 0 aliphatic rings. The second-order valence-corrected chi connectivity index (χ2v) is 4.23. The third kappa shape index (κ3) is 2.95. The third-order valence-electron chi connectivity index (χ3n) is 2.87. The van der Waals surface area contributed by atoms with Crippen LogP contribution in [-0.2, 0) is 6.54 Å². The minimum Gasteiger partial charge on any atom is -0.478 e. The van der Waals surface area contributed by atoms with Gasteiger partial charge in [-0.3, -0.25) is 4.90 Å². The molecule has 3 N–H and O–H groups in total. The number of carbonyl (C=O) groups excluding carboxylic acids is 1. The fourth-order valence-electron chi connectivity index (χ4n) is 1.94. The highest BCUT2D eigenvalue weighted by Gasteiger charge is 2.19. The van der Waals surface area contributed by atoms with Crippen molar-refractivity contribution in [1.29, 1.82) is 0 Å².